The van der Waals surface area contributed by atoms with E-state index in [1.807, 2.05) is 20.8 Å². The molecule has 0 radical (unpaired) electrons. The van der Waals surface area contributed by atoms with Crippen LogP contribution in [0.3, 0.4) is 0 Å². The summed E-state index contributed by atoms with van der Waals surface area (Å²) < 4.78 is 38.4. The topological polar surface area (TPSA) is 28.2 Å². The van der Waals surface area contributed by atoms with Crippen LogP contribution in [0, 0.1) is 0 Å². The van der Waals surface area contributed by atoms with Crippen molar-refractivity contribution in [2.45, 2.75) is 57.9 Å². The SMILES string of the molecule is CC(C)(C)NCc1ccncc1N(CC(F)(F)F)C1CC1. The Hall–Kier alpha value is -1.30. The van der Waals surface area contributed by atoms with Crippen LogP contribution in [0.15, 0.2) is 18.5 Å². The van der Waals surface area contributed by atoms with E-state index in [1.54, 1.807) is 18.5 Å². The molecule has 3 nitrogen and oxygen atoms in total. The Balaban J connectivity index is 2.20. The molecule has 1 aliphatic carbocycles. The van der Waals surface area contributed by atoms with E-state index in [-0.39, 0.29) is 11.6 Å². The zero-order chi connectivity index (χ0) is 15.7. The molecule has 0 atom stereocenters. The number of pyridine rings is 1. The molecule has 0 unspecified atom stereocenters. The molecule has 6 heteroatoms. The van der Waals surface area contributed by atoms with Crippen LogP contribution in [0.2, 0.25) is 0 Å². The van der Waals surface area contributed by atoms with E-state index in [4.69, 9.17) is 0 Å². The molecule has 0 spiro atoms. The number of alkyl halides is 3. The lowest BCUT2D eigenvalue weighted by molar-refractivity contribution is -0.120. The van der Waals surface area contributed by atoms with E-state index >= 15 is 0 Å². The molecule has 21 heavy (non-hydrogen) atoms. The molecule has 1 aromatic heterocycles. The van der Waals surface area contributed by atoms with Gasteiger partial charge in [0.15, 0.2) is 0 Å². The second kappa shape index (κ2) is 5.83. The quantitative estimate of drug-likeness (QED) is 0.902. The second-order valence-corrected chi connectivity index (χ2v) is 6.58. The van der Waals surface area contributed by atoms with Gasteiger partial charge in [-0.2, -0.15) is 13.2 Å². The summed E-state index contributed by atoms with van der Waals surface area (Å²) >= 11 is 0. The fraction of sp³-hybridized carbons (Fsp3) is 0.667. The number of aromatic nitrogens is 1. The Morgan fingerprint density at radius 1 is 1.29 bits per heavy atom. The van der Waals surface area contributed by atoms with Gasteiger partial charge in [-0.15, -0.1) is 0 Å². The van der Waals surface area contributed by atoms with Crippen molar-refractivity contribution in [1.29, 1.82) is 0 Å². The van der Waals surface area contributed by atoms with Crippen molar-refractivity contribution < 1.29 is 13.2 Å². The first-order chi connectivity index (χ1) is 9.66. The maximum atomic E-state index is 12.8. The molecule has 0 aromatic carbocycles. The molecule has 1 aromatic rings. The minimum absolute atomic E-state index is 0.00999. The standard InChI is InChI=1S/C15H22F3N3/c1-14(2,3)20-8-11-6-7-19-9-13(11)21(12-4-5-12)10-15(16,17)18/h6-7,9,12,20H,4-5,8,10H2,1-3H3. The van der Waals surface area contributed by atoms with Crippen LogP contribution in [0.5, 0.6) is 0 Å². The van der Waals surface area contributed by atoms with Gasteiger partial charge in [-0.25, -0.2) is 0 Å². The van der Waals surface area contributed by atoms with Crippen LogP contribution in [0.4, 0.5) is 18.9 Å². The summed E-state index contributed by atoms with van der Waals surface area (Å²) in [4.78, 5) is 5.47. The van der Waals surface area contributed by atoms with E-state index in [1.165, 1.54) is 4.90 Å². The highest BCUT2D eigenvalue weighted by Crippen LogP contribution is 2.35. The van der Waals surface area contributed by atoms with Gasteiger partial charge >= 0.3 is 6.18 Å². The van der Waals surface area contributed by atoms with Crippen LogP contribution in [-0.4, -0.2) is 29.3 Å². The monoisotopic (exact) mass is 301 g/mol. The number of hydrogen-bond acceptors (Lipinski definition) is 3. The van der Waals surface area contributed by atoms with Crippen molar-refractivity contribution >= 4 is 5.69 Å². The molecule has 1 saturated carbocycles. The summed E-state index contributed by atoms with van der Waals surface area (Å²) in [6.07, 6.45) is 0.604. The van der Waals surface area contributed by atoms with Crippen molar-refractivity contribution in [3.63, 3.8) is 0 Å². The Bertz CT molecular complexity index is 476. The summed E-state index contributed by atoms with van der Waals surface area (Å²) in [5, 5.41) is 3.32. The predicted molar refractivity (Wildman–Crippen MR) is 77.3 cm³/mol. The summed E-state index contributed by atoms with van der Waals surface area (Å²) in [5.74, 6) is 0. The Labute approximate surface area is 123 Å². The van der Waals surface area contributed by atoms with Crippen LogP contribution >= 0.6 is 0 Å². The largest absolute Gasteiger partial charge is 0.405 e. The van der Waals surface area contributed by atoms with Gasteiger partial charge in [-0.3, -0.25) is 4.98 Å². The summed E-state index contributed by atoms with van der Waals surface area (Å²) in [7, 11) is 0. The highest BCUT2D eigenvalue weighted by molar-refractivity contribution is 5.53. The zero-order valence-electron chi connectivity index (χ0n) is 12.7. The molecule has 0 bridgehead atoms. The summed E-state index contributed by atoms with van der Waals surface area (Å²) in [6.45, 7) is 5.71. The van der Waals surface area contributed by atoms with E-state index in [0.29, 0.717) is 12.2 Å². The number of halogens is 3. The molecule has 0 amide bonds. The molecule has 118 valence electrons. The van der Waals surface area contributed by atoms with Crippen molar-refractivity contribution in [2.24, 2.45) is 0 Å². The Kier molecular flexibility index (Phi) is 4.46. The van der Waals surface area contributed by atoms with Gasteiger partial charge in [-0.05, 0) is 45.2 Å². The van der Waals surface area contributed by atoms with Gasteiger partial charge < -0.3 is 10.2 Å². The maximum Gasteiger partial charge on any atom is 0.405 e. The van der Waals surface area contributed by atoms with Gasteiger partial charge in [0.25, 0.3) is 0 Å². The van der Waals surface area contributed by atoms with Crippen molar-refractivity contribution in [3.05, 3.63) is 24.0 Å². The number of anilines is 1. The van der Waals surface area contributed by atoms with Crippen molar-refractivity contribution in [2.75, 3.05) is 11.4 Å². The third-order valence-corrected chi connectivity index (χ3v) is 3.34. The summed E-state index contributed by atoms with van der Waals surface area (Å²) in [6, 6.07) is 1.78. The molecule has 1 heterocycles. The van der Waals surface area contributed by atoms with E-state index in [0.717, 1.165) is 18.4 Å². The number of nitrogens with zero attached hydrogens (tertiary/aromatic N) is 2. The third-order valence-electron chi connectivity index (χ3n) is 3.34. The predicted octanol–water partition coefficient (Wildman–Crippen LogP) is 3.50. The average molecular weight is 301 g/mol. The lowest BCUT2D eigenvalue weighted by atomic mass is 10.1. The normalized spacial score (nSPS) is 16.1. The first-order valence-electron chi connectivity index (χ1n) is 7.17. The van der Waals surface area contributed by atoms with Gasteiger partial charge in [0.2, 0.25) is 0 Å². The van der Waals surface area contributed by atoms with Crippen LogP contribution < -0.4 is 10.2 Å². The smallest absolute Gasteiger partial charge is 0.358 e. The summed E-state index contributed by atoms with van der Waals surface area (Å²) in [5.41, 5.74) is 1.36. The third kappa shape index (κ3) is 5.19. The zero-order valence-corrected chi connectivity index (χ0v) is 12.7. The Morgan fingerprint density at radius 3 is 2.48 bits per heavy atom. The minimum Gasteiger partial charge on any atom is -0.358 e. The van der Waals surface area contributed by atoms with Crippen LogP contribution in [0.1, 0.15) is 39.2 Å². The first kappa shape index (κ1) is 16.1. The molecule has 0 aliphatic heterocycles. The molecule has 1 aliphatic rings. The van der Waals surface area contributed by atoms with Gasteiger partial charge in [-0.1, -0.05) is 0 Å². The lowest BCUT2D eigenvalue weighted by Gasteiger charge is -2.29. The second-order valence-electron chi connectivity index (χ2n) is 6.58. The average Bonchev–Trinajstić information content (AvgIpc) is 3.16. The lowest BCUT2D eigenvalue weighted by Crippen LogP contribution is -2.38. The number of rotatable bonds is 5. The van der Waals surface area contributed by atoms with E-state index in [9.17, 15) is 13.2 Å². The van der Waals surface area contributed by atoms with Crippen molar-refractivity contribution in [1.82, 2.24) is 10.3 Å². The first-order valence-corrected chi connectivity index (χ1v) is 7.17. The molecule has 1 N–H and O–H groups in total. The van der Waals surface area contributed by atoms with E-state index in [2.05, 4.69) is 10.3 Å². The van der Waals surface area contributed by atoms with Crippen molar-refractivity contribution in [3.8, 4) is 0 Å². The minimum atomic E-state index is -4.20. The van der Waals surface area contributed by atoms with Gasteiger partial charge in [0, 0.05) is 24.3 Å². The van der Waals surface area contributed by atoms with Gasteiger partial charge in [0.05, 0.1) is 11.9 Å². The maximum absolute atomic E-state index is 12.8. The van der Waals surface area contributed by atoms with Crippen LogP contribution in [-0.2, 0) is 6.54 Å². The van der Waals surface area contributed by atoms with E-state index < -0.39 is 12.7 Å². The molecular weight excluding hydrogens is 279 g/mol. The molecular formula is C15H22F3N3. The highest BCUT2D eigenvalue weighted by atomic mass is 19.4. The molecule has 1 fully saturated rings. The fourth-order valence-electron chi connectivity index (χ4n) is 2.17. The number of nitrogens with one attached hydrogen (secondary N) is 1. The molecule has 0 saturated heterocycles. The Morgan fingerprint density at radius 2 is 1.95 bits per heavy atom. The van der Waals surface area contributed by atoms with Crippen LogP contribution in [0.25, 0.3) is 0 Å². The fourth-order valence-corrected chi connectivity index (χ4v) is 2.17. The van der Waals surface area contributed by atoms with Gasteiger partial charge in [0.1, 0.15) is 6.54 Å². The molecule has 2 rings (SSSR count). The highest BCUT2D eigenvalue weighted by Gasteiger charge is 2.39. The number of hydrogen-bond donors (Lipinski definition) is 1.